The van der Waals surface area contributed by atoms with Gasteiger partial charge in [-0.1, -0.05) is 0 Å². The van der Waals surface area contributed by atoms with E-state index in [9.17, 15) is 5.11 Å². The van der Waals surface area contributed by atoms with E-state index in [0.29, 0.717) is 6.42 Å². The van der Waals surface area contributed by atoms with Crippen molar-refractivity contribution in [3.05, 3.63) is 32.7 Å². The summed E-state index contributed by atoms with van der Waals surface area (Å²) in [6, 6.07) is 0. The third kappa shape index (κ3) is 2.00. The average molecular weight is 226 g/mol. The third-order valence-electron chi connectivity index (χ3n) is 1.96. The highest BCUT2D eigenvalue weighted by molar-refractivity contribution is 7.10. The van der Waals surface area contributed by atoms with E-state index in [1.807, 2.05) is 6.92 Å². The van der Waals surface area contributed by atoms with Gasteiger partial charge in [-0.05, 0) is 6.92 Å². The number of hydrogen-bond acceptors (Lipinski definition) is 5. The molecule has 0 aliphatic rings. The molecular weight excluding hydrogens is 216 g/mol. The van der Waals surface area contributed by atoms with Crippen LogP contribution in [-0.4, -0.2) is 15.1 Å². The summed E-state index contributed by atoms with van der Waals surface area (Å²) in [5.74, 6) is 0. The number of aryl methyl sites for hydroxylation is 1. The van der Waals surface area contributed by atoms with E-state index in [1.54, 1.807) is 28.6 Å². The normalized spacial score (nSPS) is 13.0. The van der Waals surface area contributed by atoms with Gasteiger partial charge in [0, 0.05) is 17.5 Å². The molecular formula is C9H10N2OS2. The molecule has 0 aliphatic carbocycles. The van der Waals surface area contributed by atoms with Gasteiger partial charge in [-0.25, -0.2) is 4.98 Å². The number of hydrogen-bond donors (Lipinski definition) is 1. The quantitative estimate of drug-likeness (QED) is 0.872. The standard InChI is InChI=1S/C9H10N2OS2/c1-6-9(14-5-11-6)8(12)2-7-3-10-4-13-7/h3-5,8,12H,2H2,1H3. The molecule has 0 saturated carbocycles. The second-order valence-corrected chi connectivity index (χ2v) is 4.85. The maximum atomic E-state index is 9.91. The zero-order chi connectivity index (χ0) is 9.97. The zero-order valence-corrected chi connectivity index (χ0v) is 9.31. The minimum Gasteiger partial charge on any atom is -0.387 e. The van der Waals surface area contributed by atoms with Gasteiger partial charge in [-0.15, -0.1) is 22.7 Å². The molecule has 1 N–H and O–H groups in total. The van der Waals surface area contributed by atoms with E-state index in [0.717, 1.165) is 15.4 Å². The number of aliphatic hydroxyl groups is 1. The van der Waals surface area contributed by atoms with Gasteiger partial charge in [0.1, 0.15) is 0 Å². The molecule has 0 saturated heterocycles. The van der Waals surface area contributed by atoms with Crippen LogP contribution in [0.25, 0.3) is 0 Å². The SMILES string of the molecule is Cc1ncsc1C(O)Cc1cncs1. The van der Waals surface area contributed by atoms with Crippen molar-refractivity contribution < 1.29 is 5.11 Å². The molecule has 0 aliphatic heterocycles. The van der Waals surface area contributed by atoms with Gasteiger partial charge in [-0.2, -0.15) is 0 Å². The lowest BCUT2D eigenvalue weighted by Gasteiger charge is -2.06. The number of aliphatic hydroxyl groups excluding tert-OH is 1. The first-order valence-electron chi connectivity index (χ1n) is 4.23. The second kappa shape index (κ2) is 4.16. The van der Waals surface area contributed by atoms with Crippen molar-refractivity contribution in [3.63, 3.8) is 0 Å². The highest BCUT2D eigenvalue weighted by Gasteiger charge is 2.14. The predicted octanol–water partition coefficient (Wildman–Crippen LogP) is 2.18. The summed E-state index contributed by atoms with van der Waals surface area (Å²) >= 11 is 3.07. The molecule has 3 nitrogen and oxygen atoms in total. The molecule has 2 rings (SSSR count). The molecule has 2 heterocycles. The minimum absolute atomic E-state index is 0.442. The maximum absolute atomic E-state index is 9.91. The fourth-order valence-electron chi connectivity index (χ4n) is 1.26. The highest BCUT2D eigenvalue weighted by atomic mass is 32.1. The van der Waals surface area contributed by atoms with Crippen molar-refractivity contribution in [2.24, 2.45) is 0 Å². The van der Waals surface area contributed by atoms with Crippen molar-refractivity contribution in [2.75, 3.05) is 0 Å². The summed E-state index contributed by atoms with van der Waals surface area (Å²) in [6.07, 6.45) is 1.99. The van der Waals surface area contributed by atoms with Crippen LogP contribution >= 0.6 is 22.7 Å². The molecule has 2 aromatic rings. The number of nitrogens with zero attached hydrogens (tertiary/aromatic N) is 2. The summed E-state index contributed by atoms with van der Waals surface area (Å²) in [5, 5.41) is 9.91. The van der Waals surface area contributed by atoms with Crippen molar-refractivity contribution in [1.29, 1.82) is 0 Å². The molecule has 0 spiro atoms. The lowest BCUT2D eigenvalue weighted by atomic mass is 10.2. The van der Waals surface area contributed by atoms with Crippen molar-refractivity contribution >= 4 is 22.7 Å². The van der Waals surface area contributed by atoms with Crippen LogP contribution in [0.4, 0.5) is 0 Å². The monoisotopic (exact) mass is 226 g/mol. The largest absolute Gasteiger partial charge is 0.387 e. The molecule has 74 valence electrons. The Morgan fingerprint density at radius 3 is 2.86 bits per heavy atom. The van der Waals surface area contributed by atoms with Crippen LogP contribution in [0.5, 0.6) is 0 Å². The predicted molar refractivity (Wildman–Crippen MR) is 57.6 cm³/mol. The van der Waals surface area contributed by atoms with Gasteiger partial charge in [0.05, 0.1) is 27.7 Å². The van der Waals surface area contributed by atoms with Crippen LogP contribution < -0.4 is 0 Å². The fourth-order valence-corrected chi connectivity index (χ4v) is 2.68. The van der Waals surface area contributed by atoms with Crippen LogP contribution in [-0.2, 0) is 6.42 Å². The van der Waals surface area contributed by atoms with Crippen molar-refractivity contribution in [2.45, 2.75) is 19.4 Å². The topological polar surface area (TPSA) is 46.0 Å². The number of aromatic nitrogens is 2. The molecule has 5 heteroatoms. The van der Waals surface area contributed by atoms with E-state index in [2.05, 4.69) is 9.97 Å². The van der Waals surface area contributed by atoms with Crippen LogP contribution in [0.15, 0.2) is 17.2 Å². The molecule has 1 unspecified atom stereocenters. The Kier molecular flexibility index (Phi) is 2.90. The third-order valence-corrected chi connectivity index (χ3v) is 3.80. The van der Waals surface area contributed by atoms with Crippen LogP contribution in [0.1, 0.15) is 21.6 Å². The van der Waals surface area contributed by atoms with Gasteiger partial charge < -0.3 is 5.11 Å². The molecule has 0 amide bonds. The molecule has 0 bridgehead atoms. The first-order valence-corrected chi connectivity index (χ1v) is 5.98. The summed E-state index contributed by atoms with van der Waals surface area (Å²) < 4.78 is 0. The molecule has 2 aromatic heterocycles. The molecule has 0 fully saturated rings. The first kappa shape index (κ1) is 9.76. The molecule has 1 atom stereocenters. The molecule has 0 radical (unpaired) electrons. The van der Waals surface area contributed by atoms with Crippen molar-refractivity contribution in [3.8, 4) is 0 Å². The minimum atomic E-state index is -0.442. The lowest BCUT2D eigenvalue weighted by molar-refractivity contribution is 0.182. The Bertz CT molecular complexity index is 397. The second-order valence-electron chi connectivity index (χ2n) is 2.99. The van der Waals surface area contributed by atoms with E-state index < -0.39 is 6.10 Å². The number of thiazole rings is 2. The van der Waals surface area contributed by atoms with Crippen LogP contribution in [0.3, 0.4) is 0 Å². The summed E-state index contributed by atoms with van der Waals surface area (Å²) in [5.41, 5.74) is 4.47. The highest BCUT2D eigenvalue weighted by Crippen LogP contribution is 2.25. The molecule has 0 aromatic carbocycles. The van der Waals surface area contributed by atoms with E-state index in [4.69, 9.17) is 0 Å². The first-order chi connectivity index (χ1) is 6.77. The zero-order valence-electron chi connectivity index (χ0n) is 7.67. The Labute approximate surface area is 90.1 Å². The maximum Gasteiger partial charge on any atom is 0.0949 e. The van der Waals surface area contributed by atoms with E-state index >= 15 is 0 Å². The van der Waals surface area contributed by atoms with Gasteiger partial charge in [0.25, 0.3) is 0 Å². The van der Waals surface area contributed by atoms with Gasteiger partial charge in [0.15, 0.2) is 0 Å². The summed E-state index contributed by atoms with van der Waals surface area (Å²) in [4.78, 5) is 10.1. The Hall–Kier alpha value is -0.780. The van der Waals surface area contributed by atoms with Crippen LogP contribution in [0, 0.1) is 6.92 Å². The Balaban J connectivity index is 2.10. The fraction of sp³-hybridized carbons (Fsp3) is 0.333. The van der Waals surface area contributed by atoms with Gasteiger partial charge in [-0.3, -0.25) is 4.98 Å². The molecule has 14 heavy (non-hydrogen) atoms. The van der Waals surface area contributed by atoms with Crippen LogP contribution in [0.2, 0.25) is 0 Å². The van der Waals surface area contributed by atoms with Crippen molar-refractivity contribution in [1.82, 2.24) is 9.97 Å². The van der Waals surface area contributed by atoms with E-state index in [-0.39, 0.29) is 0 Å². The summed E-state index contributed by atoms with van der Waals surface area (Å²) in [6.45, 7) is 1.92. The average Bonchev–Trinajstić information content (AvgIpc) is 2.75. The van der Waals surface area contributed by atoms with Gasteiger partial charge >= 0.3 is 0 Å². The smallest absolute Gasteiger partial charge is 0.0949 e. The lowest BCUT2D eigenvalue weighted by Crippen LogP contribution is -1.99. The number of rotatable bonds is 3. The Morgan fingerprint density at radius 1 is 1.43 bits per heavy atom. The Morgan fingerprint density at radius 2 is 2.29 bits per heavy atom. The summed E-state index contributed by atoms with van der Waals surface area (Å²) in [7, 11) is 0. The van der Waals surface area contributed by atoms with Gasteiger partial charge in [0.2, 0.25) is 0 Å². The van der Waals surface area contributed by atoms with E-state index in [1.165, 1.54) is 11.3 Å².